The summed E-state index contributed by atoms with van der Waals surface area (Å²) in [6, 6.07) is 3.20. The van der Waals surface area contributed by atoms with Gasteiger partial charge in [-0.15, -0.1) is 10.2 Å². The van der Waals surface area contributed by atoms with Crippen LogP contribution in [0.2, 0.25) is 5.15 Å². The molecule has 0 saturated heterocycles. The molecule has 1 saturated carbocycles. The first-order chi connectivity index (χ1) is 8.45. The van der Waals surface area contributed by atoms with E-state index in [4.69, 9.17) is 16.3 Å². The standard InChI is InChI=1S/C12H16ClN3O2/c1-12(2)8(6-9(12)18-3)14-11(17)7-4-5-10(13)16-15-7/h4-5,8-9H,6H2,1-3H3,(H,14,17). The van der Waals surface area contributed by atoms with Crippen LogP contribution in [-0.2, 0) is 4.74 Å². The Morgan fingerprint density at radius 2 is 2.22 bits per heavy atom. The summed E-state index contributed by atoms with van der Waals surface area (Å²) in [4.78, 5) is 11.9. The van der Waals surface area contributed by atoms with E-state index in [1.807, 2.05) is 0 Å². The second-order valence-corrected chi connectivity index (χ2v) is 5.44. The van der Waals surface area contributed by atoms with Crippen molar-refractivity contribution >= 4 is 17.5 Å². The molecule has 18 heavy (non-hydrogen) atoms. The molecule has 1 amide bonds. The van der Waals surface area contributed by atoms with Gasteiger partial charge in [0.25, 0.3) is 5.91 Å². The van der Waals surface area contributed by atoms with Crippen molar-refractivity contribution in [3.05, 3.63) is 23.0 Å². The SMILES string of the molecule is COC1CC(NC(=O)c2ccc(Cl)nn2)C1(C)C. The number of carbonyl (C=O) groups excluding carboxylic acids is 1. The molecule has 0 aliphatic heterocycles. The first kappa shape index (κ1) is 13.2. The number of amides is 1. The smallest absolute Gasteiger partial charge is 0.272 e. The molecule has 5 nitrogen and oxygen atoms in total. The zero-order valence-corrected chi connectivity index (χ0v) is 11.4. The molecule has 1 heterocycles. The van der Waals surface area contributed by atoms with Gasteiger partial charge in [0.05, 0.1) is 6.10 Å². The topological polar surface area (TPSA) is 64.1 Å². The fraction of sp³-hybridized carbons (Fsp3) is 0.583. The van der Waals surface area contributed by atoms with E-state index >= 15 is 0 Å². The number of halogens is 1. The number of nitrogens with zero attached hydrogens (tertiary/aromatic N) is 2. The summed E-state index contributed by atoms with van der Waals surface area (Å²) >= 11 is 5.62. The van der Waals surface area contributed by atoms with Crippen LogP contribution >= 0.6 is 11.6 Å². The van der Waals surface area contributed by atoms with Gasteiger partial charge in [0.15, 0.2) is 10.8 Å². The normalized spacial score (nSPS) is 25.3. The van der Waals surface area contributed by atoms with E-state index in [2.05, 4.69) is 29.4 Å². The Bertz CT molecular complexity index is 447. The lowest BCUT2D eigenvalue weighted by molar-refractivity contribution is -0.0942. The van der Waals surface area contributed by atoms with Crippen molar-refractivity contribution in [1.82, 2.24) is 15.5 Å². The fourth-order valence-corrected chi connectivity index (χ4v) is 2.30. The summed E-state index contributed by atoms with van der Waals surface area (Å²) in [6.45, 7) is 4.15. The van der Waals surface area contributed by atoms with Crippen molar-refractivity contribution in [2.45, 2.75) is 32.4 Å². The van der Waals surface area contributed by atoms with Crippen LogP contribution in [0.3, 0.4) is 0 Å². The number of ether oxygens (including phenoxy) is 1. The third-order valence-corrected chi connectivity index (χ3v) is 3.83. The van der Waals surface area contributed by atoms with Gasteiger partial charge in [-0.1, -0.05) is 25.4 Å². The predicted molar refractivity (Wildman–Crippen MR) is 67.5 cm³/mol. The third-order valence-electron chi connectivity index (χ3n) is 3.63. The van der Waals surface area contributed by atoms with Crippen LogP contribution in [0, 0.1) is 5.41 Å². The average Bonchev–Trinajstić information content (AvgIpc) is 2.34. The molecule has 1 fully saturated rings. The molecular weight excluding hydrogens is 254 g/mol. The van der Waals surface area contributed by atoms with Crippen LogP contribution in [-0.4, -0.2) is 35.4 Å². The summed E-state index contributed by atoms with van der Waals surface area (Å²) < 4.78 is 5.34. The van der Waals surface area contributed by atoms with Crippen molar-refractivity contribution in [3.63, 3.8) is 0 Å². The van der Waals surface area contributed by atoms with Gasteiger partial charge >= 0.3 is 0 Å². The average molecular weight is 270 g/mol. The molecule has 0 radical (unpaired) electrons. The molecule has 1 aliphatic carbocycles. The molecule has 2 unspecified atom stereocenters. The Kier molecular flexibility index (Phi) is 3.54. The molecule has 1 N–H and O–H groups in total. The second kappa shape index (κ2) is 4.82. The number of rotatable bonds is 3. The lowest BCUT2D eigenvalue weighted by Crippen LogP contribution is -2.61. The second-order valence-electron chi connectivity index (χ2n) is 5.05. The van der Waals surface area contributed by atoms with E-state index in [0.717, 1.165) is 6.42 Å². The zero-order chi connectivity index (χ0) is 13.3. The van der Waals surface area contributed by atoms with Crippen LogP contribution in [0.4, 0.5) is 0 Å². The molecule has 6 heteroatoms. The third kappa shape index (κ3) is 2.33. The van der Waals surface area contributed by atoms with Crippen LogP contribution in [0.1, 0.15) is 30.8 Å². The number of carbonyl (C=O) groups is 1. The highest BCUT2D eigenvalue weighted by Crippen LogP contribution is 2.42. The van der Waals surface area contributed by atoms with Crippen LogP contribution < -0.4 is 5.32 Å². The molecule has 98 valence electrons. The summed E-state index contributed by atoms with van der Waals surface area (Å²) in [5.41, 5.74) is 0.209. The van der Waals surface area contributed by atoms with Gasteiger partial charge in [-0.3, -0.25) is 4.79 Å². The highest BCUT2D eigenvalue weighted by Gasteiger charge is 2.49. The van der Waals surface area contributed by atoms with Crippen molar-refractivity contribution in [2.24, 2.45) is 5.41 Å². The van der Waals surface area contributed by atoms with Gasteiger partial charge in [0.2, 0.25) is 0 Å². The Balaban J connectivity index is 1.99. The van der Waals surface area contributed by atoms with Gasteiger partial charge in [-0.25, -0.2) is 0 Å². The minimum Gasteiger partial charge on any atom is -0.381 e. The van der Waals surface area contributed by atoms with Gasteiger partial charge in [0.1, 0.15) is 0 Å². The van der Waals surface area contributed by atoms with Crippen LogP contribution in [0.5, 0.6) is 0 Å². The summed E-state index contributed by atoms with van der Waals surface area (Å²) in [6.07, 6.45) is 0.995. The minimum atomic E-state index is -0.230. The zero-order valence-electron chi connectivity index (χ0n) is 10.6. The number of methoxy groups -OCH3 is 1. The molecule has 2 rings (SSSR count). The highest BCUT2D eigenvalue weighted by molar-refractivity contribution is 6.29. The number of nitrogens with one attached hydrogen (secondary N) is 1. The van der Waals surface area contributed by atoms with Crippen molar-refractivity contribution < 1.29 is 9.53 Å². The van der Waals surface area contributed by atoms with Crippen LogP contribution in [0.25, 0.3) is 0 Å². The first-order valence-electron chi connectivity index (χ1n) is 5.78. The minimum absolute atomic E-state index is 0.0652. The van der Waals surface area contributed by atoms with E-state index in [1.54, 1.807) is 19.2 Å². The van der Waals surface area contributed by atoms with E-state index in [1.165, 1.54) is 0 Å². The Labute approximate surface area is 111 Å². The van der Waals surface area contributed by atoms with Gasteiger partial charge < -0.3 is 10.1 Å². The fourth-order valence-electron chi connectivity index (χ4n) is 2.20. The van der Waals surface area contributed by atoms with Crippen molar-refractivity contribution in [3.8, 4) is 0 Å². The molecule has 0 aromatic carbocycles. The van der Waals surface area contributed by atoms with Crippen molar-refractivity contribution in [1.29, 1.82) is 0 Å². The molecular formula is C12H16ClN3O2. The summed E-state index contributed by atoms with van der Waals surface area (Å²) in [7, 11) is 1.69. The van der Waals surface area contributed by atoms with E-state index in [-0.39, 0.29) is 34.3 Å². The molecule has 1 aromatic rings. The largest absolute Gasteiger partial charge is 0.381 e. The first-order valence-corrected chi connectivity index (χ1v) is 6.16. The Morgan fingerprint density at radius 3 is 2.72 bits per heavy atom. The van der Waals surface area contributed by atoms with Crippen LogP contribution in [0.15, 0.2) is 12.1 Å². The Morgan fingerprint density at radius 1 is 1.50 bits per heavy atom. The summed E-state index contributed by atoms with van der Waals surface area (Å²) in [5, 5.41) is 10.6. The number of aromatic nitrogens is 2. The monoisotopic (exact) mass is 269 g/mol. The maximum atomic E-state index is 11.9. The van der Waals surface area contributed by atoms with Gasteiger partial charge in [0, 0.05) is 18.6 Å². The predicted octanol–water partition coefficient (Wildman–Crippen LogP) is 1.67. The highest BCUT2D eigenvalue weighted by atomic mass is 35.5. The molecule has 1 aromatic heterocycles. The van der Waals surface area contributed by atoms with E-state index < -0.39 is 0 Å². The quantitative estimate of drug-likeness (QED) is 0.907. The molecule has 0 bridgehead atoms. The molecule has 2 atom stereocenters. The molecule has 0 spiro atoms. The molecule has 1 aliphatic rings. The van der Waals surface area contributed by atoms with Crippen molar-refractivity contribution in [2.75, 3.05) is 7.11 Å². The maximum Gasteiger partial charge on any atom is 0.272 e. The maximum absolute atomic E-state index is 11.9. The van der Waals surface area contributed by atoms with E-state index in [0.29, 0.717) is 0 Å². The lowest BCUT2D eigenvalue weighted by Gasteiger charge is -2.51. The van der Waals surface area contributed by atoms with E-state index in [9.17, 15) is 4.79 Å². The Hall–Kier alpha value is -1.20. The number of hydrogen-bond acceptors (Lipinski definition) is 4. The summed E-state index contributed by atoms with van der Waals surface area (Å²) in [5.74, 6) is -0.230. The lowest BCUT2D eigenvalue weighted by atomic mass is 9.64. The van der Waals surface area contributed by atoms with Gasteiger partial charge in [-0.05, 0) is 18.6 Å². The number of hydrogen-bond donors (Lipinski definition) is 1. The van der Waals surface area contributed by atoms with Gasteiger partial charge in [-0.2, -0.15) is 0 Å².